The summed E-state index contributed by atoms with van der Waals surface area (Å²) in [4.78, 5) is 13.6. The van der Waals surface area contributed by atoms with Crippen LogP contribution >= 0.6 is 11.3 Å². The number of sulfonamides is 1. The third-order valence-corrected chi connectivity index (χ3v) is 6.59. The van der Waals surface area contributed by atoms with Gasteiger partial charge >= 0.3 is 0 Å². The van der Waals surface area contributed by atoms with Gasteiger partial charge in [0.2, 0.25) is 10.0 Å². The molecule has 0 radical (unpaired) electrons. The zero-order valence-corrected chi connectivity index (χ0v) is 19.0. The lowest BCUT2D eigenvalue weighted by molar-refractivity contribution is -0.121. The Kier molecular flexibility index (Phi) is 7.09. The maximum absolute atomic E-state index is 12.6. The van der Waals surface area contributed by atoms with Gasteiger partial charge in [0.15, 0.2) is 0 Å². The molecule has 0 spiro atoms. The number of amides is 1. The number of thiophene rings is 1. The molecule has 0 bridgehead atoms. The van der Waals surface area contributed by atoms with Crippen molar-refractivity contribution in [1.29, 1.82) is 0 Å². The lowest BCUT2D eigenvalue weighted by atomic mass is 10.2. The molecule has 0 aliphatic heterocycles. The minimum absolute atomic E-state index is 0.351. The third kappa shape index (κ3) is 5.93. The topological polar surface area (TPSA) is 88.1 Å². The summed E-state index contributed by atoms with van der Waals surface area (Å²) in [5, 5.41) is 6.00. The minimum Gasteiger partial charge on any atom is -0.457 e. The average molecular weight is 458 g/mol. The van der Waals surface area contributed by atoms with Gasteiger partial charge in [0.05, 0.1) is 17.7 Å². The van der Waals surface area contributed by atoms with Crippen molar-refractivity contribution in [3.8, 4) is 11.5 Å². The Bertz CT molecular complexity index is 1140. The molecule has 9 heteroatoms. The number of anilines is 1. The maximum Gasteiger partial charge on any atom is 0.263 e. The number of rotatable bonds is 8. The quantitative estimate of drug-likeness (QED) is 0.405. The molecule has 3 aromatic rings. The molecule has 3 rings (SSSR count). The van der Waals surface area contributed by atoms with Crippen LogP contribution in [-0.4, -0.2) is 32.3 Å². The number of para-hydroxylation sites is 1. The van der Waals surface area contributed by atoms with Crippen LogP contribution in [0.2, 0.25) is 0 Å². The summed E-state index contributed by atoms with van der Waals surface area (Å²) in [5.41, 5.74) is 3.46. The molecule has 1 aromatic heterocycles. The molecule has 0 saturated carbocycles. The van der Waals surface area contributed by atoms with Gasteiger partial charge < -0.3 is 4.74 Å². The first-order valence-corrected chi connectivity index (χ1v) is 12.2. The summed E-state index contributed by atoms with van der Waals surface area (Å²) >= 11 is 1.50. The second-order valence-electron chi connectivity index (χ2n) is 6.79. The number of nitrogens with zero attached hydrogens (tertiary/aromatic N) is 2. The zero-order valence-electron chi connectivity index (χ0n) is 17.3. The van der Waals surface area contributed by atoms with Gasteiger partial charge in [0, 0.05) is 4.88 Å². The Hall–Kier alpha value is -3.17. The van der Waals surface area contributed by atoms with Crippen LogP contribution in [0.15, 0.2) is 77.2 Å². The lowest BCUT2D eigenvalue weighted by Crippen LogP contribution is -2.46. The van der Waals surface area contributed by atoms with E-state index in [1.54, 1.807) is 31.2 Å². The number of benzene rings is 2. The predicted octanol–water partition coefficient (Wildman–Crippen LogP) is 4.24. The molecule has 2 aromatic carbocycles. The van der Waals surface area contributed by atoms with Crippen molar-refractivity contribution in [2.24, 2.45) is 5.10 Å². The summed E-state index contributed by atoms with van der Waals surface area (Å²) < 4.78 is 31.7. The Morgan fingerprint density at radius 3 is 2.26 bits per heavy atom. The van der Waals surface area contributed by atoms with Crippen LogP contribution in [0.4, 0.5) is 5.69 Å². The van der Waals surface area contributed by atoms with Crippen molar-refractivity contribution in [3.63, 3.8) is 0 Å². The second-order valence-corrected chi connectivity index (χ2v) is 9.60. The molecule has 162 valence electrons. The van der Waals surface area contributed by atoms with Gasteiger partial charge in [-0.25, -0.2) is 13.8 Å². The van der Waals surface area contributed by atoms with E-state index in [0.717, 1.165) is 15.4 Å². The highest BCUT2D eigenvalue weighted by Crippen LogP contribution is 2.27. The molecule has 0 aliphatic carbocycles. The molecule has 1 atom stereocenters. The van der Waals surface area contributed by atoms with E-state index in [4.69, 9.17) is 4.74 Å². The molecule has 0 saturated heterocycles. The predicted molar refractivity (Wildman–Crippen MR) is 124 cm³/mol. The van der Waals surface area contributed by atoms with E-state index in [1.165, 1.54) is 18.3 Å². The molecule has 0 aliphatic rings. The van der Waals surface area contributed by atoms with E-state index in [9.17, 15) is 13.2 Å². The summed E-state index contributed by atoms with van der Waals surface area (Å²) in [7, 11) is -3.73. The van der Waals surface area contributed by atoms with E-state index in [-0.39, 0.29) is 0 Å². The Labute approximate surface area is 186 Å². The Morgan fingerprint density at radius 2 is 1.68 bits per heavy atom. The van der Waals surface area contributed by atoms with E-state index < -0.39 is 22.0 Å². The van der Waals surface area contributed by atoms with Gasteiger partial charge in [0.1, 0.15) is 17.5 Å². The van der Waals surface area contributed by atoms with E-state index in [2.05, 4.69) is 10.5 Å². The second kappa shape index (κ2) is 9.76. The van der Waals surface area contributed by atoms with Gasteiger partial charge in [-0.15, -0.1) is 11.3 Å². The number of hydrogen-bond donors (Lipinski definition) is 1. The lowest BCUT2D eigenvalue weighted by Gasteiger charge is -2.27. The largest absolute Gasteiger partial charge is 0.457 e. The van der Waals surface area contributed by atoms with Gasteiger partial charge in [0.25, 0.3) is 5.91 Å². The molecule has 0 fully saturated rings. The first-order valence-electron chi connectivity index (χ1n) is 9.46. The molecular formula is C22H23N3O4S2. The van der Waals surface area contributed by atoms with E-state index >= 15 is 0 Å². The van der Waals surface area contributed by atoms with Crippen molar-refractivity contribution in [2.75, 3.05) is 10.6 Å². The van der Waals surface area contributed by atoms with Crippen molar-refractivity contribution in [3.05, 3.63) is 77.0 Å². The summed E-state index contributed by atoms with van der Waals surface area (Å²) in [6, 6.07) is 18.5. The standard InChI is InChI=1S/C22H23N3O4S2/c1-16(21-10-7-15-30-21)23-24-22(26)17(2)25(31(3,27)28)18-11-13-20(14-12-18)29-19-8-5-4-6-9-19/h4-15,17H,1-3H3,(H,24,26)/b23-16-/t17-/m0/s1. The normalized spacial score (nSPS) is 12.8. The summed E-state index contributed by atoms with van der Waals surface area (Å²) in [5.74, 6) is 0.685. The number of hydrogen-bond acceptors (Lipinski definition) is 6. The smallest absolute Gasteiger partial charge is 0.263 e. The minimum atomic E-state index is -3.73. The van der Waals surface area contributed by atoms with Crippen LogP contribution in [-0.2, 0) is 14.8 Å². The van der Waals surface area contributed by atoms with Gasteiger partial charge in [-0.2, -0.15) is 5.10 Å². The summed E-state index contributed by atoms with van der Waals surface area (Å²) in [6.07, 6.45) is 1.06. The Morgan fingerprint density at radius 1 is 1.03 bits per heavy atom. The monoisotopic (exact) mass is 457 g/mol. The Balaban J connectivity index is 1.76. The summed E-state index contributed by atoms with van der Waals surface area (Å²) in [6.45, 7) is 3.29. The third-order valence-electron chi connectivity index (χ3n) is 4.37. The maximum atomic E-state index is 12.6. The molecule has 1 heterocycles. The van der Waals surface area contributed by atoms with E-state index in [0.29, 0.717) is 22.9 Å². The van der Waals surface area contributed by atoms with E-state index in [1.807, 2.05) is 47.8 Å². The first kappa shape index (κ1) is 22.5. The average Bonchev–Trinajstić information content (AvgIpc) is 3.28. The van der Waals surface area contributed by atoms with Gasteiger partial charge in [-0.3, -0.25) is 9.10 Å². The highest BCUT2D eigenvalue weighted by atomic mass is 32.2. The van der Waals surface area contributed by atoms with Crippen molar-refractivity contribution >= 4 is 38.7 Å². The first-order chi connectivity index (χ1) is 14.8. The van der Waals surface area contributed by atoms with Crippen molar-refractivity contribution in [1.82, 2.24) is 5.43 Å². The van der Waals surface area contributed by atoms with Crippen LogP contribution in [0.5, 0.6) is 11.5 Å². The number of nitrogens with one attached hydrogen (secondary N) is 1. The van der Waals surface area contributed by atoms with Crippen LogP contribution in [0.1, 0.15) is 18.7 Å². The van der Waals surface area contributed by atoms with Crippen LogP contribution in [0, 0.1) is 0 Å². The van der Waals surface area contributed by atoms with Crippen molar-refractivity contribution < 1.29 is 17.9 Å². The SMILES string of the molecule is C/C(=N/NC(=O)[C@H](C)N(c1ccc(Oc2ccccc2)cc1)S(C)(=O)=O)c1cccs1. The number of carbonyl (C=O) groups is 1. The highest BCUT2D eigenvalue weighted by Gasteiger charge is 2.29. The van der Waals surface area contributed by atoms with Crippen LogP contribution in [0.3, 0.4) is 0 Å². The van der Waals surface area contributed by atoms with Crippen molar-refractivity contribution in [2.45, 2.75) is 19.9 Å². The molecule has 7 nitrogen and oxygen atoms in total. The fourth-order valence-electron chi connectivity index (χ4n) is 2.87. The molecular weight excluding hydrogens is 434 g/mol. The zero-order chi connectivity index (χ0) is 22.4. The highest BCUT2D eigenvalue weighted by molar-refractivity contribution is 7.92. The van der Waals surface area contributed by atoms with Crippen LogP contribution < -0.4 is 14.5 Å². The van der Waals surface area contributed by atoms with Gasteiger partial charge in [-0.1, -0.05) is 24.3 Å². The molecule has 1 N–H and O–H groups in total. The number of carbonyl (C=O) groups excluding carboxylic acids is 1. The van der Waals surface area contributed by atoms with Crippen LogP contribution in [0.25, 0.3) is 0 Å². The fourth-order valence-corrected chi connectivity index (χ4v) is 4.72. The molecule has 0 unspecified atom stereocenters. The molecule has 31 heavy (non-hydrogen) atoms. The fraction of sp³-hybridized carbons (Fsp3) is 0.182. The number of hydrazone groups is 1. The molecule has 1 amide bonds. The van der Waals surface area contributed by atoms with Gasteiger partial charge in [-0.05, 0) is 61.7 Å². The number of ether oxygens (including phenoxy) is 1.